The Morgan fingerprint density at radius 1 is 1.50 bits per heavy atom. The largest absolute Gasteiger partial charge is 0.394 e. The molecular weight excluding hydrogens is 248 g/mol. The zero-order valence-electron chi connectivity index (χ0n) is 10.8. The van der Waals surface area contributed by atoms with Gasteiger partial charge >= 0.3 is 0 Å². The molecule has 1 unspecified atom stereocenters. The summed E-state index contributed by atoms with van der Waals surface area (Å²) in [5.41, 5.74) is 2.10. The lowest BCUT2D eigenvalue weighted by Crippen LogP contribution is -2.13. The number of hydrogen-bond acceptors (Lipinski definition) is 5. The molecule has 2 heterocycles. The monoisotopic (exact) mass is 266 g/mol. The minimum Gasteiger partial charge on any atom is -0.394 e. The summed E-state index contributed by atoms with van der Waals surface area (Å²) >= 11 is 1.63. The van der Waals surface area contributed by atoms with E-state index < -0.39 is 0 Å². The summed E-state index contributed by atoms with van der Waals surface area (Å²) in [6.07, 6.45) is 1.81. The van der Waals surface area contributed by atoms with E-state index in [2.05, 4.69) is 22.3 Å². The Hall–Kier alpha value is -1.40. The highest BCUT2D eigenvalue weighted by molar-refractivity contribution is 7.09. The fourth-order valence-corrected chi connectivity index (χ4v) is 2.47. The Morgan fingerprint density at radius 2 is 2.28 bits per heavy atom. The van der Waals surface area contributed by atoms with Gasteiger partial charge in [-0.3, -0.25) is 0 Å². The van der Waals surface area contributed by atoms with Crippen molar-refractivity contribution in [3.8, 4) is 0 Å². The molecule has 0 bridgehead atoms. The molecule has 1 atom stereocenters. The van der Waals surface area contributed by atoms with Crippen molar-refractivity contribution in [1.29, 1.82) is 0 Å². The molecule has 0 spiro atoms. The normalized spacial score (nSPS) is 12.7. The van der Waals surface area contributed by atoms with Crippen LogP contribution in [0.1, 0.15) is 29.2 Å². The Morgan fingerprint density at radius 3 is 2.89 bits per heavy atom. The molecule has 2 aromatic heterocycles. The lowest BCUT2D eigenvalue weighted by molar-refractivity contribution is 0.270. The van der Waals surface area contributed by atoms with Crippen LogP contribution in [0.2, 0.25) is 0 Å². The van der Waals surface area contributed by atoms with Gasteiger partial charge in [-0.05, 0) is 20.8 Å². The second kappa shape index (κ2) is 5.49. The van der Waals surface area contributed by atoms with E-state index in [1.165, 1.54) is 0 Å². The number of nitrogens with zero attached hydrogens (tertiary/aromatic N) is 3. The first-order valence-corrected chi connectivity index (χ1v) is 6.82. The van der Waals surface area contributed by atoms with Crippen LogP contribution >= 0.6 is 11.3 Å². The zero-order chi connectivity index (χ0) is 13.1. The van der Waals surface area contributed by atoms with E-state index in [1.54, 1.807) is 17.5 Å². The second-order valence-corrected chi connectivity index (χ2v) is 5.17. The fraction of sp³-hybridized carbons (Fsp3) is 0.500. The van der Waals surface area contributed by atoms with Crippen LogP contribution in [0.3, 0.4) is 0 Å². The number of anilines is 1. The number of aromatic nitrogens is 3. The van der Waals surface area contributed by atoms with Gasteiger partial charge in [-0.15, -0.1) is 11.3 Å². The number of nitrogens with one attached hydrogen (secondary N) is 1. The highest BCUT2D eigenvalue weighted by Crippen LogP contribution is 2.25. The van der Waals surface area contributed by atoms with Crippen LogP contribution in [0.5, 0.6) is 0 Å². The van der Waals surface area contributed by atoms with Crippen molar-refractivity contribution in [3.05, 3.63) is 27.8 Å². The topological polar surface area (TPSA) is 63.0 Å². The Kier molecular flexibility index (Phi) is 3.98. The van der Waals surface area contributed by atoms with Crippen LogP contribution in [0.25, 0.3) is 0 Å². The summed E-state index contributed by atoms with van der Waals surface area (Å²) in [6.45, 7) is 6.67. The van der Waals surface area contributed by atoms with Crippen LogP contribution in [0.4, 0.5) is 5.82 Å². The van der Waals surface area contributed by atoms with Gasteiger partial charge in [0.2, 0.25) is 0 Å². The summed E-state index contributed by atoms with van der Waals surface area (Å²) in [7, 11) is 0. The van der Waals surface area contributed by atoms with Crippen LogP contribution < -0.4 is 5.32 Å². The minimum absolute atomic E-state index is 0.0842. The maximum Gasteiger partial charge on any atom is 0.128 e. The number of aliphatic hydroxyl groups is 1. The van der Waals surface area contributed by atoms with Crippen molar-refractivity contribution < 1.29 is 5.11 Å². The molecule has 2 rings (SSSR count). The first-order chi connectivity index (χ1) is 8.63. The quantitative estimate of drug-likeness (QED) is 0.870. The average Bonchev–Trinajstić information content (AvgIpc) is 2.94. The summed E-state index contributed by atoms with van der Waals surface area (Å²) in [4.78, 5) is 4.30. The first-order valence-electron chi connectivity index (χ1n) is 5.94. The third-order valence-electron chi connectivity index (χ3n) is 2.91. The third kappa shape index (κ3) is 2.54. The Labute approximate surface area is 110 Å². The number of thiazole rings is 1. The molecule has 18 heavy (non-hydrogen) atoms. The molecule has 0 aliphatic carbocycles. The molecule has 0 saturated carbocycles. The van der Waals surface area contributed by atoms with Crippen molar-refractivity contribution in [2.24, 2.45) is 0 Å². The molecule has 5 nitrogen and oxygen atoms in total. The molecule has 98 valence electrons. The predicted molar refractivity (Wildman–Crippen MR) is 72.9 cm³/mol. The standard InChI is InChI=1S/C12H18N4OS/c1-8-9(2)15-16(5-6-17)11(8)14-10(3)12-13-4-7-18-12/h4,7,10,14,17H,5-6H2,1-3H3. The lowest BCUT2D eigenvalue weighted by atomic mass is 10.2. The highest BCUT2D eigenvalue weighted by Gasteiger charge is 2.15. The van der Waals surface area contributed by atoms with E-state index in [9.17, 15) is 0 Å². The predicted octanol–water partition coefficient (Wildman–Crippen LogP) is 2.12. The van der Waals surface area contributed by atoms with E-state index in [-0.39, 0.29) is 12.6 Å². The first kappa shape index (κ1) is 13.0. The zero-order valence-corrected chi connectivity index (χ0v) is 11.7. The van der Waals surface area contributed by atoms with Crippen LogP contribution in [-0.4, -0.2) is 26.5 Å². The van der Waals surface area contributed by atoms with Crippen molar-refractivity contribution in [2.45, 2.75) is 33.4 Å². The van der Waals surface area contributed by atoms with Gasteiger partial charge in [0.1, 0.15) is 10.8 Å². The third-order valence-corrected chi connectivity index (χ3v) is 3.87. The molecule has 6 heteroatoms. The van der Waals surface area contributed by atoms with Gasteiger partial charge in [-0.25, -0.2) is 9.67 Å². The number of hydrogen-bond donors (Lipinski definition) is 2. The fourth-order valence-electron chi connectivity index (χ4n) is 1.83. The summed E-state index contributed by atoms with van der Waals surface area (Å²) in [5.74, 6) is 0.962. The Bertz CT molecular complexity index is 506. The van der Waals surface area contributed by atoms with E-state index in [0.717, 1.165) is 22.1 Å². The summed E-state index contributed by atoms with van der Waals surface area (Å²) in [6, 6.07) is 0.136. The van der Waals surface area contributed by atoms with Gasteiger partial charge in [0.25, 0.3) is 0 Å². The van der Waals surface area contributed by atoms with Crippen molar-refractivity contribution in [1.82, 2.24) is 14.8 Å². The Balaban J connectivity index is 2.22. The van der Waals surface area contributed by atoms with E-state index in [0.29, 0.717) is 6.54 Å². The molecule has 2 N–H and O–H groups in total. The number of aliphatic hydroxyl groups excluding tert-OH is 1. The van der Waals surface area contributed by atoms with E-state index in [1.807, 2.05) is 23.9 Å². The van der Waals surface area contributed by atoms with Crippen molar-refractivity contribution in [2.75, 3.05) is 11.9 Å². The van der Waals surface area contributed by atoms with Crippen molar-refractivity contribution in [3.63, 3.8) is 0 Å². The SMILES string of the molecule is Cc1nn(CCO)c(NC(C)c2nccs2)c1C. The van der Waals surface area contributed by atoms with E-state index >= 15 is 0 Å². The summed E-state index contributed by atoms with van der Waals surface area (Å²) in [5, 5.41) is 19.9. The van der Waals surface area contributed by atoms with Gasteiger partial charge in [0, 0.05) is 17.1 Å². The molecule has 2 aromatic rings. The van der Waals surface area contributed by atoms with E-state index in [4.69, 9.17) is 5.11 Å². The minimum atomic E-state index is 0.0842. The molecule has 0 amide bonds. The molecule has 0 aromatic carbocycles. The van der Waals surface area contributed by atoms with Crippen LogP contribution in [0.15, 0.2) is 11.6 Å². The van der Waals surface area contributed by atoms with Crippen LogP contribution in [-0.2, 0) is 6.54 Å². The van der Waals surface area contributed by atoms with Gasteiger partial charge < -0.3 is 10.4 Å². The second-order valence-electron chi connectivity index (χ2n) is 4.24. The molecule has 0 saturated heterocycles. The van der Waals surface area contributed by atoms with Gasteiger partial charge in [0.15, 0.2) is 0 Å². The molecule has 0 fully saturated rings. The number of rotatable bonds is 5. The highest BCUT2D eigenvalue weighted by atomic mass is 32.1. The molecule has 0 aliphatic rings. The molecule has 0 radical (unpaired) electrons. The molecular formula is C12H18N4OS. The average molecular weight is 266 g/mol. The van der Waals surface area contributed by atoms with Gasteiger partial charge in [-0.2, -0.15) is 5.10 Å². The number of aryl methyl sites for hydroxylation is 1. The molecule has 0 aliphatic heterocycles. The smallest absolute Gasteiger partial charge is 0.128 e. The van der Waals surface area contributed by atoms with Gasteiger partial charge in [-0.1, -0.05) is 0 Å². The maximum absolute atomic E-state index is 9.06. The van der Waals surface area contributed by atoms with Crippen LogP contribution in [0, 0.1) is 13.8 Å². The van der Waals surface area contributed by atoms with Crippen molar-refractivity contribution >= 4 is 17.2 Å². The maximum atomic E-state index is 9.06. The lowest BCUT2D eigenvalue weighted by Gasteiger charge is -2.15. The van der Waals surface area contributed by atoms with Gasteiger partial charge in [0.05, 0.1) is 24.9 Å². The summed E-state index contributed by atoms with van der Waals surface area (Å²) < 4.78 is 1.81.